The van der Waals surface area contributed by atoms with Crippen molar-refractivity contribution in [1.29, 1.82) is 0 Å². The van der Waals surface area contributed by atoms with E-state index in [-0.39, 0.29) is 0 Å². The Morgan fingerprint density at radius 3 is 2.20 bits per heavy atom. The highest BCUT2D eigenvalue weighted by atomic mass is 14.8. The van der Waals surface area contributed by atoms with Crippen LogP contribution in [0.5, 0.6) is 0 Å². The molecule has 3 saturated carbocycles. The molecule has 0 amide bonds. The third-order valence-corrected chi connectivity index (χ3v) is 7.08. The Kier molecular flexibility index (Phi) is 4.50. The lowest BCUT2D eigenvalue weighted by molar-refractivity contribution is 0.104. The molecule has 0 heterocycles. The average molecular weight is 275 g/mol. The second-order valence-electron chi connectivity index (χ2n) is 8.64. The van der Waals surface area contributed by atoms with E-state index in [4.69, 9.17) is 5.73 Å². The average Bonchev–Trinajstić information content (AvgIpc) is 3.00. The van der Waals surface area contributed by atoms with Gasteiger partial charge in [-0.2, -0.15) is 0 Å². The van der Waals surface area contributed by atoms with Crippen molar-refractivity contribution in [3.8, 4) is 0 Å². The fraction of sp³-hybridized carbons (Fsp3) is 1.00. The minimum absolute atomic E-state index is 0.554. The molecule has 0 radical (unpaired) electrons. The summed E-state index contributed by atoms with van der Waals surface area (Å²) in [6, 6.07) is 0.554. The van der Waals surface area contributed by atoms with Gasteiger partial charge in [-0.05, 0) is 80.0 Å². The summed E-state index contributed by atoms with van der Waals surface area (Å²) in [7, 11) is 2.39. The van der Waals surface area contributed by atoms with Crippen molar-refractivity contribution in [1.82, 2.24) is 0 Å². The van der Waals surface area contributed by atoms with E-state index in [1.54, 1.807) is 0 Å². The molecule has 114 valence electrons. The lowest BCUT2D eigenvalue weighted by atomic mass is 9.65. The van der Waals surface area contributed by atoms with Crippen LogP contribution >= 0.6 is 0 Å². The molecule has 3 aliphatic carbocycles. The molecule has 2 N–H and O–H groups in total. The molecule has 2 heteroatoms. The molecule has 0 saturated heterocycles. The topological polar surface area (TPSA) is 26.0 Å². The Balaban J connectivity index is 1.63. The first kappa shape index (κ1) is 14.9. The van der Waals surface area contributed by atoms with Crippen LogP contribution in [0.2, 0.25) is 6.32 Å². The Bertz CT molecular complexity index is 329. The molecule has 0 spiro atoms. The maximum Gasteiger partial charge on any atom is 0.101 e. The van der Waals surface area contributed by atoms with Crippen LogP contribution in [-0.2, 0) is 0 Å². The third-order valence-electron chi connectivity index (χ3n) is 7.08. The van der Waals surface area contributed by atoms with Crippen molar-refractivity contribution in [3.63, 3.8) is 0 Å². The highest BCUT2D eigenvalue weighted by Gasteiger charge is 2.46. The van der Waals surface area contributed by atoms with Crippen LogP contribution < -0.4 is 5.73 Å². The Hall–Kier alpha value is 0.0249. The number of rotatable bonds is 4. The second kappa shape index (κ2) is 6.03. The first-order chi connectivity index (χ1) is 9.58. The SMILES string of the molecule is BCC1CCC(C2CC(C(C)C)CC(C3CC3N)C2)C1. The first-order valence-electron chi connectivity index (χ1n) is 9.34. The lowest BCUT2D eigenvalue weighted by Crippen LogP contribution is -2.31. The van der Waals surface area contributed by atoms with Crippen LogP contribution in [0.3, 0.4) is 0 Å². The van der Waals surface area contributed by atoms with Crippen LogP contribution in [-0.4, -0.2) is 13.9 Å². The largest absolute Gasteiger partial charge is 0.327 e. The van der Waals surface area contributed by atoms with Crippen molar-refractivity contribution < 1.29 is 0 Å². The van der Waals surface area contributed by atoms with E-state index in [2.05, 4.69) is 21.7 Å². The molecule has 0 aromatic heterocycles. The van der Waals surface area contributed by atoms with Crippen LogP contribution in [0, 0.1) is 41.4 Å². The van der Waals surface area contributed by atoms with Gasteiger partial charge < -0.3 is 5.73 Å². The van der Waals surface area contributed by atoms with E-state index in [9.17, 15) is 0 Å². The van der Waals surface area contributed by atoms with Gasteiger partial charge in [-0.15, -0.1) is 0 Å². The molecule has 7 unspecified atom stereocenters. The van der Waals surface area contributed by atoms with Crippen molar-refractivity contribution >= 4 is 7.85 Å². The van der Waals surface area contributed by atoms with Crippen molar-refractivity contribution in [3.05, 3.63) is 0 Å². The van der Waals surface area contributed by atoms with Gasteiger partial charge in [0.05, 0.1) is 0 Å². The van der Waals surface area contributed by atoms with Crippen molar-refractivity contribution in [2.75, 3.05) is 0 Å². The number of nitrogens with two attached hydrogens (primary N) is 1. The molecular formula is C18H34BN. The number of hydrogen-bond donors (Lipinski definition) is 1. The van der Waals surface area contributed by atoms with E-state index in [0.29, 0.717) is 6.04 Å². The van der Waals surface area contributed by atoms with Gasteiger partial charge in [0.15, 0.2) is 0 Å². The van der Waals surface area contributed by atoms with E-state index in [0.717, 1.165) is 41.4 Å². The van der Waals surface area contributed by atoms with Crippen LogP contribution in [0.15, 0.2) is 0 Å². The fourth-order valence-corrected chi connectivity index (χ4v) is 5.42. The minimum Gasteiger partial charge on any atom is -0.327 e. The third kappa shape index (κ3) is 3.10. The normalized spacial score (nSPS) is 48.7. The zero-order chi connectivity index (χ0) is 14.3. The van der Waals surface area contributed by atoms with Gasteiger partial charge in [0, 0.05) is 6.04 Å². The van der Waals surface area contributed by atoms with Crippen LogP contribution in [0.25, 0.3) is 0 Å². The second-order valence-corrected chi connectivity index (χ2v) is 8.64. The maximum absolute atomic E-state index is 6.16. The van der Waals surface area contributed by atoms with Gasteiger partial charge in [0.2, 0.25) is 0 Å². The van der Waals surface area contributed by atoms with Crippen LogP contribution in [0.4, 0.5) is 0 Å². The zero-order valence-electron chi connectivity index (χ0n) is 13.9. The summed E-state index contributed by atoms with van der Waals surface area (Å²) in [5.74, 6) is 6.84. The molecule has 0 aromatic rings. The predicted octanol–water partition coefficient (Wildman–Crippen LogP) is 3.49. The quantitative estimate of drug-likeness (QED) is 0.781. The molecule has 0 bridgehead atoms. The monoisotopic (exact) mass is 275 g/mol. The summed E-state index contributed by atoms with van der Waals surface area (Å²) in [5, 5.41) is 0. The fourth-order valence-electron chi connectivity index (χ4n) is 5.42. The molecule has 20 heavy (non-hydrogen) atoms. The summed E-state index contributed by atoms with van der Waals surface area (Å²) in [6.07, 6.45) is 11.8. The summed E-state index contributed by atoms with van der Waals surface area (Å²) >= 11 is 0. The molecular weight excluding hydrogens is 241 g/mol. The van der Waals surface area contributed by atoms with E-state index in [1.165, 1.54) is 51.3 Å². The first-order valence-corrected chi connectivity index (χ1v) is 9.34. The smallest absolute Gasteiger partial charge is 0.101 e. The Morgan fingerprint density at radius 2 is 1.65 bits per heavy atom. The van der Waals surface area contributed by atoms with Gasteiger partial charge in [0.25, 0.3) is 0 Å². The van der Waals surface area contributed by atoms with E-state index < -0.39 is 0 Å². The van der Waals surface area contributed by atoms with E-state index >= 15 is 0 Å². The van der Waals surface area contributed by atoms with Gasteiger partial charge in [-0.1, -0.05) is 26.6 Å². The molecule has 3 aliphatic rings. The molecule has 3 fully saturated rings. The van der Waals surface area contributed by atoms with Crippen molar-refractivity contribution in [2.45, 2.75) is 71.2 Å². The molecule has 0 aliphatic heterocycles. The molecule has 7 atom stereocenters. The highest BCUT2D eigenvalue weighted by Crippen LogP contribution is 2.52. The summed E-state index contributed by atoms with van der Waals surface area (Å²) in [6.45, 7) is 4.89. The standard InChI is InChI=1S/C18H34BN/c1-11(2)14-6-15(13-4-3-12(5-13)10-19)8-16(7-14)17-9-18(17)20/h11-18H,3-10,19-20H2,1-2H3. The maximum atomic E-state index is 6.16. The molecule has 1 nitrogen and oxygen atoms in total. The van der Waals surface area contributed by atoms with Gasteiger partial charge in [-0.3, -0.25) is 0 Å². The molecule has 0 aromatic carbocycles. The Morgan fingerprint density at radius 1 is 0.950 bits per heavy atom. The van der Waals surface area contributed by atoms with Gasteiger partial charge >= 0.3 is 0 Å². The predicted molar refractivity (Wildman–Crippen MR) is 89.4 cm³/mol. The summed E-state index contributed by atoms with van der Waals surface area (Å²) in [4.78, 5) is 0. The zero-order valence-corrected chi connectivity index (χ0v) is 13.9. The minimum atomic E-state index is 0.554. The van der Waals surface area contributed by atoms with E-state index in [1.807, 2.05) is 0 Å². The van der Waals surface area contributed by atoms with Crippen molar-refractivity contribution in [2.24, 2.45) is 47.2 Å². The van der Waals surface area contributed by atoms with Gasteiger partial charge in [-0.25, -0.2) is 0 Å². The molecule has 3 rings (SSSR count). The lowest BCUT2D eigenvalue weighted by Gasteiger charge is -2.40. The number of hydrogen-bond acceptors (Lipinski definition) is 1. The van der Waals surface area contributed by atoms with Gasteiger partial charge in [0.1, 0.15) is 7.85 Å². The summed E-state index contributed by atoms with van der Waals surface area (Å²) in [5.41, 5.74) is 6.16. The summed E-state index contributed by atoms with van der Waals surface area (Å²) < 4.78 is 0. The highest BCUT2D eigenvalue weighted by molar-refractivity contribution is 6.08. The van der Waals surface area contributed by atoms with Crippen LogP contribution in [0.1, 0.15) is 58.8 Å². The Labute approximate surface area is 126 Å².